The summed E-state index contributed by atoms with van der Waals surface area (Å²) in [6, 6.07) is 5.12. The molecule has 1 aliphatic heterocycles. The van der Waals surface area contributed by atoms with Crippen LogP contribution in [-0.2, 0) is 6.54 Å². The molecule has 27 heavy (non-hydrogen) atoms. The van der Waals surface area contributed by atoms with Crippen molar-refractivity contribution in [2.75, 3.05) is 13.1 Å². The van der Waals surface area contributed by atoms with Gasteiger partial charge in [0.25, 0.3) is 5.91 Å². The maximum absolute atomic E-state index is 12.9. The number of aromatic hydroxyl groups is 1. The number of nitrogens with zero attached hydrogens (tertiary/aromatic N) is 4. The Hall–Kier alpha value is -2.67. The summed E-state index contributed by atoms with van der Waals surface area (Å²) in [5, 5.41) is 12.0. The molecule has 1 aromatic carbocycles. The van der Waals surface area contributed by atoms with E-state index >= 15 is 0 Å². The molecule has 1 atom stereocenters. The van der Waals surface area contributed by atoms with Gasteiger partial charge >= 0.3 is 0 Å². The van der Waals surface area contributed by atoms with Crippen molar-refractivity contribution in [3.63, 3.8) is 0 Å². The number of phenols is 1. The molecule has 3 heterocycles. The molecule has 140 valence electrons. The molecular weight excluding hydrogens is 360 g/mol. The van der Waals surface area contributed by atoms with E-state index in [0.717, 1.165) is 36.5 Å². The van der Waals surface area contributed by atoms with Crippen molar-refractivity contribution in [1.82, 2.24) is 19.4 Å². The van der Waals surface area contributed by atoms with Crippen LogP contribution in [0.3, 0.4) is 0 Å². The first kappa shape index (κ1) is 17.7. The van der Waals surface area contributed by atoms with Gasteiger partial charge in [0.15, 0.2) is 0 Å². The van der Waals surface area contributed by atoms with Gasteiger partial charge in [-0.1, -0.05) is 6.07 Å². The fraction of sp³-hybridized carbons (Fsp3) is 0.350. The van der Waals surface area contributed by atoms with E-state index in [2.05, 4.69) is 14.5 Å². The van der Waals surface area contributed by atoms with Crippen molar-refractivity contribution >= 4 is 17.2 Å². The zero-order valence-electron chi connectivity index (χ0n) is 15.2. The Morgan fingerprint density at radius 1 is 1.37 bits per heavy atom. The number of aryl methyl sites for hydroxylation is 1. The van der Waals surface area contributed by atoms with Gasteiger partial charge in [-0.3, -0.25) is 4.79 Å². The Balaban J connectivity index is 1.51. The number of hydrogen-bond donors (Lipinski definition) is 1. The van der Waals surface area contributed by atoms with Crippen LogP contribution in [0.1, 0.15) is 46.2 Å². The molecule has 1 fully saturated rings. The summed E-state index contributed by atoms with van der Waals surface area (Å²) in [5.74, 6) is 1.34. The molecule has 0 aliphatic carbocycles. The summed E-state index contributed by atoms with van der Waals surface area (Å²) in [6.45, 7) is 3.90. The Morgan fingerprint density at radius 2 is 2.26 bits per heavy atom. The summed E-state index contributed by atoms with van der Waals surface area (Å²) in [6.07, 6.45) is 5.75. The Labute approximate surface area is 162 Å². The van der Waals surface area contributed by atoms with Gasteiger partial charge in [-0.2, -0.15) is 0 Å². The van der Waals surface area contributed by atoms with Crippen molar-refractivity contribution in [1.29, 1.82) is 0 Å². The van der Waals surface area contributed by atoms with Crippen molar-refractivity contribution in [3.8, 4) is 5.75 Å². The number of hydrogen-bond acceptors (Lipinski definition) is 5. The number of rotatable bonds is 4. The van der Waals surface area contributed by atoms with Crippen LogP contribution >= 0.6 is 11.3 Å². The van der Waals surface area contributed by atoms with Crippen LogP contribution in [-0.4, -0.2) is 43.5 Å². The van der Waals surface area contributed by atoms with Gasteiger partial charge in [-0.15, -0.1) is 11.3 Å². The van der Waals surface area contributed by atoms with Crippen molar-refractivity contribution in [3.05, 3.63) is 64.1 Å². The number of likely N-dealkylation sites (tertiary alicyclic amines) is 1. The minimum absolute atomic E-state index is 0.0346. The smallest absolute Gasteiger partial charge is 0.254 e. The maximum atomic E-state index is 12.9. The first-order valence-corrected chi connectivity index (χ1v) is 10.0. The number of carbonyl (C=O) groups excluding carboxylic acids is 1. The second-order valence-electron chi connectivity index (χ2n) is 6.98. The highest BCUT2D eigenvalue weighted by molar-refractivity contribution is 7.07. The minimum atomic E-state index is -0.0346. The van der Waals surface area contributed by atoms with Gasteiger partial charge in [-0.05, 0) is 37.5 Å². The summed E-state index contributed by atoms with van der Waals surface area (Å²) < 4.78 is 2.13. The van der Waals surface area contributed by atoms with E-state index in [9.17, 15) is 9.90 Å². The molecule has 3 aromatic rings. The number of aromatic nitrogens is 3. The predicted molar refractivity (Wildman–Crippen MR) is 104 cm³/mol. The third kappa shape index (κ3) is 3.73. The topological polar surface area (TPSA) is 71.2 Å². The monoisotopic (exact) mass is 382 g/mol. The number of thiazole rings is 1. The Morgan fingerprint density at radius 3 is 3.04 bits per heavy atom. The van der Waals surface area contributed by atoms with Gasteiger partial charge in [0.1, 0.15) is 11.6 Å². The van der Waals surface area contributed by atoms with Crippen LogP contribution in [0.4, 0.5) is 0 Å². The van der Waals surface area contributed by atoms with E-state index in [1.54, 1.807) is 29.5 Å². The van der Waals surface area contributed by atoms with Crippen molar-refractivity contribution < 1.29 is 9.90 Å². The molecule has 1 saturated heterocycles. The lowest BCUT2D eigenvalue weighted by molar-refractivity contribution is 0.0703. The van der Waals surface area contributed by atoms with Crippen LogP contribution in [0.25, 0.3) is 0 Å². The highest BCUT2D eigenvalue weighted by atomic mass is 32.1. The lowest BCUT2D eigenvalue weighted by atomic mass is 9.96. The fourth-order valence-electron chi connectivity index (χ4n) is 3.60. The van der Waals surface area contributed by atoms with Crippen molar-refractivity contribution in [2.24, 2.45) is 0 Å². The summed E-state index contributed by atoms with van der Waals surface area (Å²) >= 11 is 1.59. The molecule has 1 aliphatic rings. The fourth-order valence-corrected chi connectivity index (χ4v) is 4.15. The lowest BCUT2D eigenvalue weighted by Crippen LogP contribution is -2.39. The highest BCUT2D eigenvalue weighted by Gasteiger charge is 2.28. The predicted octanol–water partition coefficient (Wildman–Crippen LogP) is 3.42. The van der Waals surface area contributed by atoms with Gasteiger partial charge in [0, 0.05) is 42.3 Å². The van der Waals surface area contributed by atoms with Crippen LogP contribution in [0.15, 0.2) is 41.5 Å². The quantitative estimate of drug-likeness (QED) is 0.750. The average molecular weight is 382 g/mol. The van der Waals surface area contributed by atoms with E-state index in [-0.39, 0.29) is 17.6 Å². The summed E-state index contributed by atoms with van der Waals surface area (Å²) in [5.41, 5.74) is 4.17. The van der Waals surface area contributed by atoms with E-state index in [0.29, 0.717) is 18.7 Å². The second-order valence-corrected chi connectivity index (χ2v) is 7.70. The molecule has 7 heteroatoms. The van der Waals surface area contributed by atoms with E-state index < -0.39 is 0 Å². The molecule has 1 N–H and O–H groups in total. The number of imidazole rings is 1. The van der Waals surface area contributed by atoms with Gasteiger partial charge in [-0.25, -0.2) is 9.97 Å². The number of carbonyl (C=O) groups is 1. The van der Waals surface area contributed by atoms with Crippen LogP contribution in [0, 0.1) is 6.92 Å². The minimum Gasteiger partial charge on any atom is -0.508 e. The largest absolute Gasteiger partial charge is 0.508 e. The zero-order chi connectivity index (χ0) is 18.8. The molecule has 2 aromatic heterocycles. The summed E-state index contributed by atoms with van der Waals surface area (Å²) in [7, 11) is 0. The van der Waals surface area contributed by atoms with Gasteiger partial charge in [0.05, 0.1) is 17.7 Å². The number of benzene rings is 1. The van der Waals surface area contributed by atoms with Crippen molar-refractivity contribution in [2.45, 2.75) is 32.2 Å². The first-order valence-electron chi connectivity index (χ1n) is 9.09. The van der Waals surface area contributed by atoms with Gasteiger partial charge in [0.2, 0.25) is 0 Å². The van der Waals surface area contributed by atoms with E-state index in [1.807, 2.05) is 35.1 Å². The molecule has 0 unspecified atom stereocenters. The molecule has 1 amide bonds. The standard InChI is InChI=1S/C20H22N4O2S/c1-14-4-5-15(9-18(14)25)20(26)24-7-2-3-16(10-24)19-21-6-8-23(19)11-17-12-27-13-22-17/h4-6,8-9,12-13,16,25H,2-3,7,10-11H2,1H3/t16-/m1/s1. The molecule has 0 radical (unpaired) electrons. The van der Waals surface area contributed by atoms with Crippen LogP contribution in [0.5, 0.6) is 5.75 Å². The highest BCUT2D eigenvalue weighted by Crippen LogP contribution is 2.28. The molecular formula is C20H22N4O2S. The SMILES string of the molecule is Cc1ccc(C(=O)N2CCC[C@@H](c3nccn3Cc3cscn3)C2)cc1O. The van der Waals surface area contributed by atoms with Gasteiger partial charge < -0.3 is 14.6 Å². The van der Waals surface area contributed by atoms with Crippen LogP contribution in [0.2, 0.25) is 0 Å². The first-order chi connectivity index (χ1) is 13.1. The molecule has 0 spiro atoms. The molecule has 4 rings (SSSR count). The Kier molecular flexibility index (Phi) is 4.94. The van der Waals surface area contributed by atoms with E-state index in [4.69, 9.17) is 0 Å². The Bertz CT molecular complexity index is 935. The summed E-state index contributed by atoms with van der Waals surface area (Å²) in [4.78, 5) is 23.7. The normalized spacial score (nSPS) is 17.2. The second kappa shape index (κ2) is 7.52. The lowest BCUT2D eigenvalue weighted by Gasteiger charge is -2.32. The number of amides is 1. The molecule has 6 nitrogen and oxygen atoms in total. The third-order valence-electron chi connectivity index (χ3n) is 5.09. The third-order valence-corrected chi connectivity index (χ3v) is 5.73. The average Bonchev–Trinajstić information content (AvgIpc) is 3.36. The zero-order valence-corrected chi connectivity index (χ0v) is 16.0. The van der Waals surface area contributed by atoms with E-state index in [1.165, 1.54) is 0 Å². The number of phenolic OH excluding ortho intramolecular Hbond substituents is 1. The molecule has 0 bridgehead atoms. The number of piperidine rings is 1. The maximum Gasteiger partial charge on any atom is 0.254 e. The van der Waals surface area contributed by atoms with Crippen LogP contribution < -0.4 is 0 Å². The molecule has 0 saturated carbocycles.